The zero-order chi connectivity index (χ0) is 28.1. The third-order valence-corrected chi connectivity index (χ3v) is 7.29. The maximum atomic E-state index is 13.0. The Morgan fingerprint density at radius 1 is 1.05 bits per heavy atom. The van der Waals surface area contributed by atoms with Crippen molar-refractivity contribution in [3.05, 3.63) is 66.0 Å². The van der Waals surface area contributed by atoms with Gasteiger partial charge in [0.25, 0.3) is 0 Å². The average molecular weight is 542 g/mol. The van der Waals surface area contributed by atoms with Gasteiger partial charge in [-0.25, -0.2) is 14.5 Å². The van der Waals surface area contributed by atoms with Gasteiger partial charge in [-0.2, -0.15) is 5.10 Å². The third-order valence-electron chi connectivity index (χ3n) is 7.29. The van der Waals surface area contributed by atoms with E-state index >= 15 is 0 Å². The molecule has 0 bridgehead atoms. The van der Waals surface area contributed by atoms with E-state index in [9.17, 15) is 4.79 Å². The van der Waals surface area contributed by atoms with Gasteiger partial charge in [0, 0.05) is 44.7 Å². The predicted molar refractivity (Wildman–Crippen MR) is 161 cm³/mol. The second kappa shape index (κ2) is 12.5. The molecule has 0 aliphatic carbocycles. The van der Waals surface area contributed by atoms with Crippen LogP contribution in [0.25, 0.3) is 27.8 Å². The smallest absolute Gasteiger partial charge is 0.357 e. The number of carbonyl (C=O) groups excluding carboxylic acids is 1. The van der Waals surface area contributed by atoms with Gasteiger partial charge in [-0.05, 0) is 79.6 Å². The van der Waals surface area contributed by atoms with Gasteiger partial charge in [0.2, 0.25) is 0 Å². The highest BCUT2D eigenvalue weighted by Crippen LogP contribution is 2.36. The lowest BCUT2D eigenvalue weighted by atomic mass is 9.97. The van der Waals surface area contributed by atoms with Crippen LogP contribution in [0.2, 0.25) is 0 Å². The topological polar surface area (TPSA) is 81.5 Å². The van der Waals surface area contributed by atoms with Crippen LogP contribution in [0.5, 0.6) is 0 Å². The fourth-order valence-electron chi connectivity index (χ4n) is 5.28. The number of pyridine rings is 1. The Kier molecular flexibility index (Phi) is 8.65. The summed E-state index contributed by atoms with van der Waals surface area (Å²) in [5.74, 6) is -0.284. The molecule has 3 heterocycles. The predicted octanol–water partition coefficient (Wildman–Crippen LogP) is 6.44. The summed E-state index contributed by atoms with van der Waals surface area (Å²) in [6, 6.07) is 18.6. The number of methoxy groups -OCH3 is 1. The summed E-state index contributed by atoms with van der Waals surface area (Å²) < 4.78 is 12.4. The number of benzene rings is 2. The number of rotatable bonds is 11. The van der Waals surface area contributed by atoms with E-state index in [2.05, 4.69) is 72.6 Å². The molecule has 0 radical (unpaired) electrons. The van der Waals surface area contributed by atoms with Gasteiger partial charge in [-0.3, -0.25) is 0 Å². The number of carbonyl (C=O) groups is 1. The standard InChI is InChI=1S/C32H39N5O3/c1-5-40-32(38)28-21-27(23-12-14-24(15-13-23)33-16-9-19-39-4)29-30(22(2)3)35-37(31(29)34-28)26-11-8-10-25(20-26)36-17-6-7-18-36/h8,10-15,20-22,33H,5-7,9,16-19H2,1-4H3. The summed E-state index contributed by atoms with van der Waals surface area (Å²) in [4.78, 5) is 20.2. The molecule has 1 N–H and O–H groups in total. The number of fused-ring (bicyclic) bond motifs is 1. The summed E-state index contributed by atoms with van der Waals surface area (Å²) in [5, 5.41) is 9.49. The molecule has 4 aromatic rings. The number of hydrogen-bond acceptors (Lipinski definition) is 7. The van der Waals surface area contributed by atoms with Crippen LogP contribution in [0.4, 0.5) is 11.4 Å². The molecule has 0 atom stereocenters. The minimum atomic E-state index is -0.438. The molecular formula is C32H39N5O3. The fourth-order valence-corrected chi connectivity index (χ4v) is 5.28. The van der Waals surface area contributed by atoms with E-state index in [1.165, 1.54) is 18.5 Å². The first-order valence-corrected chi connectivity index (χ1v) is 14.3. The lowest BCUT2D eigenvalue weighted by Crippen LogP contribution is -2.17. The summed E-state index contributed by atoms with van der Waals surface area (Å²) in [6.45, 7) is 10.1. The van der Waals surface area contributed by atoms with Crippen molar-refractivity contribution >= 4 is 28.4 Å². The van der Waals surface area contributed by atoms with E-state index in [4.69, 9.17) is 19.6 Å². The van der Waals surface area contributed by atoms with Gasteiger partial charge in [0.05, 0.1) is 23.4 Å². The first-order chi connectivity index (χ1) is 19.5. The molecule has 1 saturated heterocycles. The molecule has 0 spiro atoms. The molecule has 0 unspecified atom stereocenters. The van der Waals surface area contributed by atoms with Crippen LogP contribution in [0, 0.1) is 0 Å². The van der Waals surface area contributed by atoms with Gasteiger partial charge >= 0.3 is 5.97 Å². The first kappa shape index (κ1) is 27.6. The zero-order valence-electron chi connectivity index (χ0n) is 23.9. The molecule has 1 fully saturated rings. The monoisotopic (exact) mass is 541 g/mol. The summed E-state index contributed by atoms with van der Waals surface area (Å²) in [5.41, 5.74) is 6.94. The van der Waals surface area contributed by atoms with Crippen molar-refractivity contribution in [3.8, 4) is 16.8 Å². The molecular weight excluding hydrogens is 502 g/mol. The van der Waals surface area contributed by atoms with E-state index in [-0.39, 0.29) is 18.2 Å². The fraction of sp³-hybridized carbons (Fsp3) is 0.406. The molecule has 8 heteroatoms. The zero-order valence-corrected chi connectivity index (χ0v) is 23.9. The minimum absolute atomic E-state index is 0.154. The Balaban J connectivity index is 1.64. The third kappa shape index (κ3) is 5.82. The second-order valence-electron chi connectivity index (χ2n) is 10.5. The van der Waals surface area contributed by atoms with Gasteiger partial charge < -0.3 is 19.7 Å². The van der Waals surface area contributed by atoms with Crippen molar-refractivity contribution in [2.24, 2.45) is 0 Å². The molecule has 2 aromatic carbocycles. The van der Waals surface area contributed by atoms with Crippen molar-refractivity contribution in [2.45, 2.75) is 46.0 Å². The van der Waals surface area contributed by atoms with Gasteiger partial charge in [-0.15, -0.1) is 0 Å². The summed E-state index contributed by atoms with van der Waals surface area (Å²) >= 11 is 0. The van der Waals surface area contributed by atoms with E-state index in [1.807, 2.05) is 10.7 Å². The van der Waals surface area contributed by atoms with Crippen molar-refractivity contribution < 1.29 is 14.3 Å². The number of ether oxygens (including phenoxy) is 2. The highest BCUT2D eigenvalue weighted by atomic mass is 16.5. The van der Waals surface area contributed by atoms with E-state index in [0.29, 0.717) is 5.65 Å². The highest BCUT2D eigenvalue weighted by molar-refractivity contribution is 6.00. The van der Waals surface area contributed by atoms with Crippen LogP contribution in [0.3, 0.4) is 0 Å². The molecule has 0 amide bonds. The number of hydrogen-bond donors (Lipinski definition) is 1. The van der Waals surface area contributed by atoms with E-state index < -0.39 is 5.97 Å². The number of anilines is 2. The number of nitrogens with zero attached hydrogens (tertiary/aromatic N) is 4. The quantitative estimate of drug-likeness (QED) is 0.173. The van der Waals surface area contributed by atoms with Crippen LogP contribution in [-0.2, 0) is 9.47 Å². The van der Waals surface area contributed by atoms with Gasteiger partial charge in [0.1, 0.15) is 0 Å². The molecule has 40 heavy (non-hydrogen) atoms. The largest absolute Gasteiger partial charge is 0.461 e. The molecule has 1 aliphatic rings. The van der Waals surface area contributed by atoms with Crippen molar-refractivity contribution in [2.75, 3.05) is 50.2 Å². The molecule has 2 aromatic heterocycles. The molecule has 1 aliphatic heterocycles. The molecule has 5 rings (SSSR count). The Bertz CT molecular complexity index is 1460. The molecule has 0 saturated carbocycles. The van der Waals surface area contributed by atoms with E-state index in [0.717, 1.165) is 66.2 Å². The second-order valence-corrected chi connectivity index (χ2v) is 10.5. The van der Waals surface area contributed by atoms with E-state index in [1.54, 1.807) is 14.0 Å². The van der Waals surface area contributed by atoms with Crippen molar-refractivity contribution in [1.82, 2.24) is 14.8 Å². The van der Waals surface area contributed by atoms with Crippen LogP contribution in [0.1, 0.15) is 62.1 Å². The summed E-state index contributed by atoms with van der Waals surface area (Å²) in [7, 11) is 1.71. The van der Waals surface area contributed by atoms with Crippen molar-refractivity contribution in [1.29, 1.82) is 0 Å². The van der Waals surface area contributed by atoms with Gasteiger partial charge in [0.15, 0.2) is 11.3 Å². The maximum absolute atomic E-state index is 13.0. The Labute approximate surface area is 236 Å². The Hall–Kier alpha value is -3.91. The highest BCUT2D eigenvalue weighted by Gasteiger charge is 2.24. The minimum Gasteiger partial charge on any atom is -0.461 e. The SMILES string of the molecule is CCOC(=O)c1cc(-c2ccc(NCCCOC)cc2)c2c(C(C)C)nn(-c3cccc(N4CCCC4)c3)c2n1. The average Bonchev–Trinajstić information content (AvgIpc) is 3.64. The Morgan fingerprint density at radius 3 is 2.50 bits per heavy atom. The van der Waals surface area contributed by atoms with Crippen molar-refractivity contribution in [3.63, 3.8) is 0 Å². The molecule has 8 nitrogen and oxygen atoms in total. The molecule has 210 valence electrons. The number of esters is 1. The lowest BCUT2D eigenvalue weighted by molar-refractivity contribution is 0.0520. The van der Waals surface area contributed by atoms with Crippen LogP contribution in [0.15, 0.2) is 54.6 Å². The Morgan fingerprint density at radius 2 is 1.80 bits per heavy atom. The van der Waals surface area contributed by atoms with Crippen LogP contribution >= 0.6 is 0 Å². The lowest BCUT2D eigenvalue weighted by Gasteiger charge is -2.18. The van der Waals surface area contributed by atoms with Crippen LogP contribution in [-0.4, -0.2) is 60.7 Å². The van der Waals surface area contributed by atoms with Crippen LogP contribution < -0.4 is 10.2 Å². The number of nitrogens with one attached hydrogen (secondary N) is 1. The number of aromatic nitrogens is 3. The maximum Gasteiger partial charge on any atom is 0.357 e. The summed E-state index contributed by atoms with van der Waals surface area (Å²) in [6.07, 6.45) is 3.35. The van der Waals surface area contributed by atoms with Gasteiger partial charge in [-0.1, -0.05) is 32.0 Å². The first-order valence-electron chi connectivity index (χ1n) is 14.3. The normalized spacial score (nSPS) is 13.4.